The van der Waals surface area contributed by atoms with Crippen molar-refractivity contribution in [1.82, 2.24) is 0 Å². The minimum absolute atomic E-state index is 0.681. The predicted octanol–water partition coefficient (Wildman–Crippen LogP) is 3.16. The molecule has 1 rings (SSSR count). The van der Waals surface area contributed by atoms with Gasteiger partial charge in [0.15, 0.2) is 5.75 Å². The summed E-state index contributed by atoms with van der Waals surface area (Å²) in [5.41, 5.74) is 6.46. The molecule has 0 bridgehead atoms. The fourth-order valence-electron chi connectivity index (χ4n) is 1.02. The van der Waals surface area contributed by atoms with Gasteiger partial charge in [-0.05, 0) is 33.8 Å². The van der Waals surface area contributed by atoms with Crippen molar-refractivity contribution >= 4 is 33.4 Å². The average molecular weight is 276 g/mol. The van der Waals surface area contributed by atoms with Gasteiger partial charge in [0.25, 0.3) is 0 Å². The first-order valence-electron chi connectivity index (χ1n) is 4.50. The number of ether oxygens (including phenoxy) is 1. The van der Waals surface area contributed by atoms with E-state index in [9.17, 15) is 0 Å². The minimum Gasteiger partial charge on any atom is -0.489 e. The molecule has 0 unspecified atom stereocenters. The average Bonchev–Trinajstić information content (AvgIpc) is 2.16. The van der Waals surface area contributed by atoms with E-state index in [0.717, 1.165) is 21.7 Å². The Morgan fingerprint density at radius 2 is 2.29 bits per heavy atom. The molecular formula is C10H14BrNOS. The van der Waals surface area contributed by atoms with Gasteiger partial charge in [-0.25, -0.2) is 0 Å². The van der Waals surface area contributed by atoms with Gasteiger partial charge < -0.3 is 10.5 Å². The van der Waals surface area contributed by atoms with Gasteiger partial charge in [0.1, 0.15) is 0 Å². The summed E-state index contributed by atoms with van der Waals surface area (Å²) in [4.78, 5) is 0. The lowest BCUT2D eigenvalue weighted by Gasteiger charge is -2.09. The molecule has 78 valence electrons. The molecule has 0 saturated carbocycles. The van der Waals surface area contributed by atoms with Crippen LogP contribution in [0.25, 0.3) is 0 Å². The fraction of sp³-hybridized carbons (Fsp3) is 0.400. The van der Waals surface area contributed by atoms with Gasteiger partial charge in [0.05, 0.1) is 16.8 Å². The molecule has 0 fully saturated rings. The number of halogens is 1. The number of nitrogens with two attached hydrogens (primary N) is 1. The van der Waals surface area contributed by atoms with Crippen LogP contribution >= 0.6 is 27.7 Å². The first-order chi connectivity index (χ1) is 6.75. The molecule has 0 radical (unpaired) electrons. The quantitative estimate of drug-likeness (QED) is 0.662. The molecule has 14 heavy (non-hydrogen) atoms. The zero-order valence-corrected chi connectivity index (χ0v) is 10.5. The number of thioether (sulfide) groups is 1. The van der Waals surface area contributed by atoms with Gasteiger partial charge in [-0.2, -0.15) is 11.8 Å². The van der Waals surface area contributed by atoms with Crippen LogP contribution in [-0.4, -0.2) is 18.1 Å². The fourth-order valence-corrected chi connectivity index (χ4v) is 2.01. The van der Waals surface area contributed by atoms with Crippen LogP contribution in [0.15, 0.2) is 22.7 Å². The van der Waals surface area contributed by atoms with Crippen LogP contribution in [-0.2, 0) is 0 Å². The Kier molecular flexibility index (Phi) is 5.19. The molecule has 1 aromatic rings. The summed E-state index contributed by atoms with van der Waals surface area (Å²) in [5.74, 6) is 2.87. The summed E-state index contributed by atoms with van der Waals surface area (Å²) in [6.07, 6.45) is 0. The van der Waals surface area contributed by atoms with E-state index in [1.807, 2.05) is 30.0 Å². The Morgan fingerprint density at radius 3 is 2.93 bits per heavy atom. The number of nitrogen functional groups attached to an aromatic ring is 1. The Labute approximate surface area is 97.3 Å². The van der Waals surface area contributed by atoms with Crippen molar-refractivity contribution in [3.8, 4) is 5.75 Å². The zero-order chi connectivity index (χ0) is 10.4. The third kappa shape index (κ3) is 3.42. The monoisotopic (exact) mass is 275 g/mol. The summed E-state index contributed by atoms with van der Waals surface area (Å²) in [7, 11) is 0. The number of anilines is 1. The molecule has 0 amide bonds. The summed E-state index contributed by atoms with van der Waals surface area (Å²) >= 11 is 5.26. The van der Waals surface area contributed by atoms with Gasteiger partial charge in [-0.3, -0.25) is 0 Å². The summed E-state index contributed by atoms with van der Waals surface area (Å²) in [6.45, 7) is 2.84. The van der Waals surface area contributed by atoms with Crippen LogP contribution in [0.1, 0.15) is 6.92 Å². The standard InChI is InChI=1S/C10H14BrNOS/c1-2-14-7-6-13-10-8(11)4-3-5-9(10)12/h3-5H,2,6-7,12H2,1H3. The van der Waals surface area contributed by atoms with E-state index in [4.69, 9.17) is 10.5 Å². The molecule has 0 spiro atoms. The highest BCUT2D eigenvalue weighted by atomic mass is 79.9. The second-order valence-electron chi connectivity index (χ2n) is 2.70. The van der Waals surface area contributed by atoms with Crippen LogP contribution in [0.2, 0.25) is 0 Å². The highest BCUT2D eigenvalue weighted by Gasteiger charge is 2.04. The van der Waals surface area contributed by atoms with E-state index in [1.54, 1.807) is 0 Å². The summed E-state index contributed by atoms with van der Waals surface area (Å²) < 4.78 is 6.49. The SMILES string of the molecule is CCSCCOc1c(N)cccc1Br. The predicted molar refractivity (Wildman–Crippen MR) is 67.0 cm³/mol. The van der Waals surface area contributed by atoms with Crippen molar-refractivity contribution in [2.75, 3.05) is 23.8 Å². The van der Waals surface area contributed by atoms with E-state index < -0.39 is 0 Å². The third-order valence-corrected chi connectivity index (χ3v) is 3.16. The number of para-hydroxylation sites is 1. The number of hydrogen-bond donors (Lipinski definition) is 1. The molecule has 0 aromatic heterocycles. The molecule has 1 aromatic carbocycles. The number of benzene rings is 1. The molecule has 2 N–H and O–H groups in total. The molecule has 0 atom stereocenters. The van der Waals surface area contributed by atoms with Crippen molar-refractivity contribution in [3.63, 3.8) is 0 Å². The minimum atomic E-state index is 0.681. The van der Waals surface area contributed by atoms with Crippen molar-refractivity contribution in [2.45, 2.75) is 6.92 Å². The Hall–Kier alpha value is -0.350. The first-order valence-corrected chi connectivity index (χ1v) is 6.45. The maximum Gasteiger partial charge on any atom is 0.156 e. The Morgan fingerprint density at radius 1 is 1.50 bits per heavy atom. The lowest BCUT2D eigenvalue weighted by atomic mass is 10.3. The molecule has 0 heterocycles. The molecule has 0 saturated heterocycles. The van der Waals surface area contributed by atoms with Crippen molar-refractivity contribution in [3.05, 3.63) is 22.7 Å². The molecule has 0 aliphatic carbocycles. The highest BCUT2D eigenvalue weighted by molar-refractivity contribution is 9.10. The molecule has 2 nitrogen and oxygen atoms in total. The number of rotatable bonds is 5. The van der Waals surface area contributed by atoms with Crippen LogP contribution in [0.5, 0.6) is 5.75 Å². The van der Waals surface area contributed by atoms with Crippen LogP contribution in [0.3, 0.4) is 0 Å². The smallest absolute Gasteiger partial charge is 0.156 e. The maximum atomic E-state index is 5.77. The largest absolute Gasteiger partial charge is 0.489 e. The second-order valence-corrected chi connectivity index (χ2v) is 4.95. The van der Waals surface area contributed by atoms with Crippen LogP contribution in [0.4, 0.5) is 5.69 Å². The molecule has 0 aliphatic heterocycles. The van der Waals surface area contributed by atoms with Crippen molar-refractivity contribution in [1.29, 1.82) is 0 Å². The molecular weight excluding hydrogens is 262 g/mol. The van der Waals surface area contributed by atoms with Crippen molar-refractivity contribution in [2.24, 2.45) is 0 Å². The summed E-state index contributed by atoms with van der Waals surface area (Å²) in [5, 5.41) is 0. The summed E-state index contributed by atoms with van der Waals surface area (Å²) in [6, 6.07) is 5.67. The Balaban J connectivity index is 2.49. The highest BCUT2D eigenvalue weighted by Crippen LogP contribution is 2.30. The normalized spacial score (nSPS) is 10.1. The zero-order valence-electron chi connectivity index (χ0n) is 8.13. The Bertz CT molecular complexity index is 273. The van der Waals surface area contributed by atoms with E-state index in [2.05, 4.69) is 22.9 Å². The van der Waals surface area contributed by atoms with E-state index in [0.29, 0.717) is 12.3 Å². The van der Waals surface area contributed by atoms with E-state index in [-0.39, 0.29) is 0 Å². The third-order valence-electron chi connectivity index (χ3n) is 1.68. The lowest BCUT2D eigenvalue weighted by Crippen LogP contribution is -2.03. The van der Waals surface area contributed by atoms with Crippen molar-refractivity contribution < 1.29 is 4.74 Å². The maximum absolute atomic E-state index is 5.77. The van der Waals surface area contributed by atoms with Gasteiger partial charge in [0, 0.05) is 5.75 Å². The van der Waals surface area contributed by atoms with E-state index >= 15 is 0 Å². The van der Waals surface area contributed by atoms with Crippen LogP contribution in [0, 0.1) is 0 Å². The number of hydrogen-bond acceptors (Lipinski definition) is 3. The molecule has 0 aliphatic rings. The topological polar surface area (TPSA) is 35.2 Å². The second kappa shape index (κ2) is 6.19. The van der Waals surface area contributed by atoms with Gasteiger partial charge in [-0.15, -0.1) is 0 Å². The van der Waals surface area contributed by atoms with Gasteiger partial charge in [-0.1, -0.05) is 13.0 Å². The lowest BCUT2D eigenvalue weighted by molar-refractivity contribution is 0.343. The van der Waals surface area contributed by atoms with E-state index in [1.165, 1.54) is 0 Å². The van der Waals surface area contributed by atoms with Gasteiger partial charge in [0.2, 0.25) is 0 Å². The first kappa shape index (κ1) is 11.7. The van der Waals surface area contributed by atoms with Gasteiger partial charge >= 0.3 is 0 Å². The molecule has 4 heteroatoms. The van der Waals surface area contributed by atoms with Crippen LogP contribution < -0.4 is 10.5 Å².